The Labute approximate surface area is 43.4 Å². The van der Waals surface area contributed by atoms with Gasteiger partial charge in [0.25, 0.3) is 0 Å². The van der Waals surface area contributed by atoms with Crippen LogP contribution in [-0.4, -0.2) is 14.2 Å². The van der Waals surface area contributed by atoms with Gasteiger partial charge in [-0.25, -0.2) is 0 Å². The average Bonchev–Trinajstić information content (AvgIpc) is 0.918. The Balaban J connectivity index is 0. The Morgan fingerprint density at radius 3 is 1.25 bits per heavy atom. The van der Waals surface area contributed by atoms with Crippen LogP contribution in [0.3, 0.4) is 0 Å². The summed E-state index contributed by atoms with van der Waals surface area (Å²) >= 11 is 0. The molecule has 0 aromatic carbocycles. The van der Waals surface area contributed by atoms with Gasteiger partial charge in [0.15, 0.2) is 0 Å². The van der Waals surface area contributed by atoms with Crippen molar-refractivity contribution in [1.82, 2.24) is 0 Å². The van der Waals surface area contributed by atoms with Crippen LogP contribution in [0.1, 0.15) is 0 Å². The van der Waals surface area contributed by atoms with Gasteiger partial charge in [-0.1, -0.05) is 0 Å². The van der Waals surface area contributed by atoms with E-state index in [9.17, 15) is 0 Å². The third-order valence-electron chi connectivity index (χ3n) is 0. The molecule has 0 aliphatic carbocycles. The zero-order valence-electron chi connectivity index (χ0n) is 2.82. The van der Waals surface area contributed by atoms with Crippen molar-refractivity contribution in [2.75, 3.05) is 14.2 Å². The fourth-order valence-corrected chi connectivity index (χ4v) is 0. The first-order valence-corrected chi connectivity index (χ1v) is 0.816. The van der Waals surface area contributed by atoms with E-state index >= 15 is 0 Å². The summed E-state index contributed by atoms with van der Waals surface area (Å²) in [5, 5.41) is 0. The Hall–Kier alpha value is 0.690. The fourth-order valence-electron chi connectivity index (χ4n) is 0. The summed E-state index contributed by atoms with van der Waals surface area (Å²) in [6.45, 7) is 0. The Kier molecular flexibility index (Phi) is 20.6. The molecule has 0 saturated carbocycles. The molecule has 0 saturated heterocycles. The second-order valence-corrected chi connectivity index (χ2v) is 0.408. The maximum absolute atomic E-state index is 4.25. The molecule has 0 unspecified atom stereocenters. The molecule has 0 rings (SSSR count). The number of rotatable bonds is 0. The summed E-state index contributed by atoms with van der Waals surface area (Å²) in [6.07, 6.45) is 0. The van der Waals surface area contributed by atoms with E-state index in [1.54, 1.807) is 14.2 Å². The topological polar surface area (TPSA) is 9.23 Å². The van der Waals surface area contributed by atoms with Crippen molar-refractivity contribution in [3.63, 3.8) is 0 Å². The van der Waals surface area contributed by atoms with Crippen molar-refractivity contribution in [2.24, 2.45) is 0 Å². The van der Waals surface area contributed by atoms with Crippen LogP contribution in [-0.2, 0) is 4.74 Å². The van der Waals surface area contributed by atoms with Crippen molar-refractivity contribution >= 4 is 24.0 Å². The molecule has 0 radical (unpaired) electrons. The average molecular weight is 174 g/mol. The molecule has 28 valence electrons. The molecule has 4 heavy (non-hydrogen) atoms. The molecule has 0 fully saturated rings. The summed E-state index contributed by atoms with van der Waals surface area (Å²) in [6, 6.07) is 0. The van der Waals surface area contributed by atoms with E-state index < -0.39 is 0 Å². The van der Waals surface area contributed by atoms with E-state index in [1.807, 2.05) is 0 Å². The van der Waals surface area contributed by atoms with Crippen molar-refractivity contribution in [3.05, 3.63) is 0 Å². The highest BCUT2D eigenvalue weighted by molar-refractivity contribution is 14.0. The predicted octanol–water partition coefficient (Wildman–Crippen LogP) is 0.881. The first-order chi connectivity index (χ1) is 1.41. The van der Waals surface area contributed by atoms with Crippen molar-refractivity contribution < 1.29 is 4.74 Å². The standard InChI is InChI=1S/C2H6O.HI/c1-3-2;/h1-2H3;1H. The van der Waals surface area contributed by atoms with Crippen molar-refractivity contribution in [3.8, 4) is 0 Å². The molecule has 0 aromatic rings. The second-order valence-electron chi connectivity index (χ2n) is 0.408. The summed E-state index contributed by atoms with van der Waals surface area (Å²) in [5.41, 5.74) is 0. The maximum Gasteiger partial charge on any atom is 0.0351 e. The molecule has 0 aliphatic heterocycles. The predicted molar refractivity (Wildman–Crippen MR) is 28.3 cm³/mol. The van der Waals surface area contributed by atoms with Gasteiger partial charge in [-0.3, -0.25) is 0 Å². The van der Waals surface area contributed by atoms with Gasteiger partial charge in [0.05, 0.1) is 0 Å². The number of halogens is 1. The van der Waals surface area contributed by atoms with Gasteiger partial charge in [0.1, 0.15) is 0 Å². The molecule has 0 aromatic heterocycles. The molecule has 0 N–H and O–H groups in total. The smallest absolute Gasteiger partial charge is 0.0351 e. The van der Waals surface area contributed by atoms with Crippen molar-refractivity contribution in [2.45, 2.75) is 0 Å². The van der Waals surface area contributed by atoms with Gasteiger partial charge in [-0.05, 0) is 0 Å². The fraction of sp³-hybridized carbons (Fsp3) is 1.00. The molecule has 0 heterocycles. The number of hydrogen-bond acceptors (Lipinski definition) is 1. The van der Waals surface area contributed by atoms with Crippen LogP contribution >= 0.6 is 24.0 Å². The summed E-state index contributed by atoms with van der Waals surface area (Å²) in [7, 11) is 3.25. The lowest BCUT2D eigenvalue weighted by atomic mass is 11.6. The lowest BCUT2D eigenvalue weighted by Gasteiger charge is -1.61. The molecule has 0 aliphatic rings. The Morgan fingerprint density at radius 1 is 1.25 bits per heavy atom. The molecule has 2 heteroatoms. The van der Waals surface area contributed by atoms with Crippen LogP contribution in [0.25, 0.3) is 0 Å². The number of methoxy groups -OCH3 is 1. The van der Waals surface area contributed by atoms with E-state index in [4.69, 9.17) is 0 Å². The summed E-state index contributed by atoms with van der Waals surface area (Å²) in [4.78, 5) is 0. The SMILES string of the molecule is COC.I. The van der Waals surface area contributed by atoms with Crippen LogP contribution in [0.5, 0.6) is 0 Å². The highest BCUT2D eigenvalue weighted by Crippen LogP contribution is 1.28. The minimum absolute atomic E-state index is 0. The molecule has 0 spiro atoms. The molecular formula is C2H7IO. The van der Waals surface area contributed by atoms with Gasteiger partial charge in [-0.2, -0.15) is 0 Å². The molecular weight excluding hydrogens is 167 g/mol. The minimum Gasteiger partial charge on any atom is -0.388 e. The maximum atomic E-state index is 4.25. The highest BCUT2D eigenvalue weighted by Gasteiger charge is 1.25. The van der Waals surface area contributed by atoms with Crippen molar-refractivity contribution in [1.29, 1.82) is 0 Å². The van der Waals surface area contributed by atoms with Crippen LogP contribution in [0, 0.1) is 0 Å². The van der Waals surface area contributed by atoms with Gasteiger partial charge in [-0.15, -0.1) is 24.0 Å². The van der Waals surface area contributed by atoms with Crippen LogP contribution < -0.4 is 0 Å². The van der Waals surface area contributed by atoms with E-state index in [2.05, 4.69) is 4.74 Å². The van der Waals surface area contributed by atoms with E-state index in [1.165, 1.54) is 0 Å². The monoisotopic (exact) mass is 174 g/mol. The highest BCUT2D eigenvalue weighted by atomic mass is 127. The summed E-state index contributed by atoms with van der Waals surface area (Å²) in [5.74, 6) is 0. The quantitative estimate of drug-likeness (QED) is 0.495. The van der Waals surface area contributed by atoms with E-state index in [0.717, 1.165) is 0 Å². The molecule has 0 atom stereocenters. The van der Waals surface area contributed by atoms with E-state index in [0.29, 0.717) is 0 Å². The number of hydrogen-bond donors (Lipinski definition) is 0. The Bertz CT molecular complexity index is 6.00. The van der Waals surface area contributed by atoms with Crippen LogP contribution in [0.2, 0.25) is 0 Å². The first kappa shape index (κ1) is 8.83. The third kappa shape index (κ3) is 16.1. The van der Waals surface area contributed by atoms with Gasteiger partial charge in [0.2, 0.25) is 0 Å². The molecule has 0 amide bonds. The Morgan fingerprint density at radius 2 is 1.25 bits per heavy atom. The van der Waals surface area contributed by atoms with Crippen LogP contribution in [0.4, 0.5) is 0 Å². The molecule has 0 bridgehead atoms. The normalized spacial score (nSPS) is 4.50. The largest absolute Gasteiger partial charge is 0.388 e. The van der Waals surface area contributed by atoms with E-state index in [-0.39, 0.29) is 24.0 Å². The zero-order valence-corrected chi connectivity index (χ0v) is 5.15. The second kappa shape index (κ2) is 9.35. The van der Waals surface area contributed by atoms with Gasteiger partial charge in [0, 0.05) is 14.2 Å². The van der Waals surface area contributed by atoms with Gasteiger partial charge < -0.3 is 4.74 Å². The van der Waals surface area contributed by atoms with Gasteiger partial charge >= 0.3 is 0 Å². The number of ether oxygens (including phenoxy) is 1. The zero-order chi connectivity index (χ0) is 2.71. The first-order valence-electron chi connectivity index (χ1n) is 0.816. The third-order valence-corrected chi connectivity index (χ3v) is 0. The lowest BCUT2D eigenvalue weighted by Crippen LogP contribution is -1.55. The van der Waals surface area contributed by atoms with Crippen LogP contribution in [0.15, 0.2) is 0 Å². The minimum atomic E-state index is 0. The summed E-state index contributed by atoms with van der Waals surface area (Å²) < 4.78 is 4.25. The molecule has 1 nitrogen and oxygen atoms in total. The lowest BCUT2D eigenvalue weighted by molar-refractivity contribution is 0.277.